The molecule has 1 atom stereocenters. The molecule has 0 fully saturated rings. The molecular weight excluding hydrogens is 100 g/mol. The summed E-state index contributed by atoms with van der Waals surface area (Å²) in [6, 6.07) is 0. The third-order valence-corrected chi connectivity index (χ3v) is 2.05. The molecule has 1 rings (SSSR count). The summed E-state index contributed by atoms with van der Waals surface area (Å²) in [7, 11) is 1.31. The summed E-state index contributed by atoms with van der Waals surface area (Å²) < 4.78 is 0. The maximum Gasteiger partial charge on any atom is 0.0119 e. The second-order valence-corrected chi connectivity index (χ2v) is 3.51. The summed E-state index contributed by atoms with van der Waals surface area (Å²) in [6.45, 7) is 0. The van der Waals surface area contributed by atoms with Crippen molar-refractivity contribution < 1.29 is 0 Å². The molecule has 1 unspecified atom stereocenters. The van der Waals surface area contributed by atoms with Gasteiger partial charge in [-0.3, -0.25) is 0 Å². The first kappa shape index (κ1) is 4.85. The smallest absolute Gasteiger partial charge is 0.0119 e. The Labute approximate surface area is 47.3 Å². The van der Waals surface area contributed by atoms with Crippen LogP contribution in [0.5, 0.6) is 0 Å². The van der Waals surface area contributed by atoms with Crippen molar-refractivity contribution in [2.45, 2.75) is 12.0 Å². The van der Waals surface area contributed by atoms with Gasteiger partial charge in [-0.15, -0.1) is 0 Å². The molecule has 0 spiro atoms. The lowest BCUT2D eigenvalue weighted by Gasteiger charge is -2.02. The van der Waals surface area contributed by atoms with Crippen LogP contribution in [-0.2, 0) is 0 Å². The zero-order valence-electron chi connectivity index (χ0n) is 4.59. The van der Waals surface area contributed by atoms with Gasteiger partial charge in [-0.25, -0.2) is 0 Å². The molecule has 7 heavy (non-hydrogen) atoms. The van der Waals surface area contributed by atoms with Gasteiger partial charge in [0.2, 0.25) is 0 Å². The minimum absolute atomic E-state index is 0.907. The lowest BCUT2D eigenvalue weighted by Crippen LogP contribution is -1.86. The van der Waals surface area contributed by atoms with Crippen LogP contribution in [-0.4, -0.2) is 10.2 Å². The zero-order chi connectivity index (χ0) is 5.11. The number of hydrogen-bond donors (Lipinski definition) is 0. The van der Waals surface area contributed by atoms with Crippen LogP contribution in [0.3, 0.4) is 0 Å². The molecule has 38 valence electrons. The Balaban J connectivity index is 2.49. The summed E-state index contributed by atoms with van der Waals surface area (Å²) in [5.41, 5.74) is 0.907. The zero-order valence-corrected chi connectivity index (χ0v) is 6.59. The van der Waals surface area contributed by atoms with E-state index in [1.165, 1.54) is 16.7 Å². The van der Waals surface area contributed by atoms with Crippen molar-refractivity contribution in [3.05, 3.63) is 24.3 Å². The molecule has 1 aliphatic carbocycles. The van der Waals surface area contributed by atoms with E-state index in [1.807, 2.05) is 0 Å². The van der Waals surface area contributed by atoms with Gasteiger partial charge in [-0.1, -0.05) is 24.3 Å². The van der Waals surface area contributed by atoms with Crippen LogP contribution >= 0.6 is 0 Å². The van der Waals surface area contributed by atoms with Crippen LogP contribution in [0.25, 0.3) is 0 Å². The highest BCUT2D eigenvalue weighted by Gasteiger charge is 1.93. The molecule has 1 aliphatic rings. The molecule has 0 saturated heterocycles. The molecular formula is C6H10Si. The van der Waals surface area contributed by atoms with E-state index in [0.29, 0.717) is 0 Å². The Hall–Kier alpha value is -0.303. The quantitative estimate of drug-likeness (QED) is 0.402. The van der Waals surface area contributed by atoms with E-state index in [4.69, 9.17) is 0 Å². The molecule has 0 nitrogen and oxygen atoms in total. The van der Waals surface area contributed by atoms with Crippen LogP contribution in [0.15, 0.2) is 24.3 Å². The first-order valence-corrected chi connectivity index (χ1v) is 3.88. The third-order valence-electron chi connectivity index (χ3n) is 1.19. The maximum atomic E-state index is 2.28. The van der Waals surface area contributed by atoms with Crippen molar-refractivity contribution >= 4 is 10.2 Å². The molecule has 0 aromatic rings. The SMILES string of the molecule is [SiH3]C1C=CC=CC1. The lowest BCUT2D eigenvalue weighted by molar-refractivity contribution is 1.03. The highest BCUT2D eigenvalue weighted by atomic mass is 28.1. The molecule has 0 N–H and O–H groups in total. The van der Waals surface area contributed by atoms with Crippen molar-refractivity contribution in [3.63, 3.8) is 0 Å². The molecule has 0 saturated carbocycles. The van der Waals surface area contributed by atoms with Gasteiger partial charge in [0.25, 0.3) is 0 Å². The normalized spacial score (nSPS) is 28.9. The van der Waals surface area contributed by atoms with Crippen molar-refractivity contribution in [1.29, 1.82) is 0 Å². The summed E-state index contributed by atoms with van der Waals surface area (Å²) in [5, 5.41) is 0. The topological polar surface area (TPSA) is 0 Å². The first-order chi connectivity index (χ1) is 3.39. The van der Waals surface area contributed by atoms with Crippen molar-refractivity contribution in [2.24, 2.45) is 0 Å². The van der Waals surface area contributed by atoms with Crippen LogP contribution < -0.4 is 0 Å². The largest absolute Gasteiger partial charge is 0.0848 e. The van der Waals surface area contributed by atoms with E-state index >= 15 is 0 Å². The van der Waals surface area contributed by atoms with Gasteiger partial charge in [0.15, 0.2) is 0 Å². The molecule has 0 radical (unpaired) electrons. The second kappa shape index (κ2) is 2.12. The van der Waals surface area contributed by atoms with E-state index in [9.17, 15) is 0 Å². The Bertz CT molecular complexity index is 103. The Kier molecular flexibility index (Phi) is 1.47. The number of hydrogen-bond acceptors (Lipinski definition) is 0. The van der Waals surface area contributed by atoms with Crippen LogP contribution in [0, 0.1) is 0 Å². The fourth-order valence-corrected chi connectivity index (χ4v) is 1.20. The summed E-state index contributed by atoms with van der Waals surface area (Å²) in [6.07, 6.45) is 10.1. The van der Waals surface area contributed by atoms with Gasteiger partial charge in [0.05, 0.1) is 0 Å². The van der Waals surface area contributed by atoms with Gasteiger partial charge in [0, 0.05) is 10.2 Å². The highest BCUT2D eigenvalue weighted by Crippen LogP contribution is 2.11. The second-order valence-electron chi connectivity index (χ2n) is 2.03. The van der Waals surface area contributed by atoms with Crippen LogP contribution in [0.2, 0.25) is 5.54 Å². The summed E-state index contributed by atoms with van der Waals surface area (Å²) >= 11 is 0. The standard InChI is InChI=1S/C6H10Si/c7-6-4-2-1-3-5-6/h1-4,6H,5H2,7H3. The Morgan fingerprint density at radius 1 is 1.43 bits per heavy atom. The number of allylic oxidation sites excluding steroid dienone is 4. The van der Waals surface area contributed by atoms with Gasteiger partial charge in [-0.2, -0.15) is 0 Å². The summed E-state index contributed by atoms with van der Waals surface area (Å²) in [4.78, 5) is 0. The average Bonchev–Trinajstić information content (AvgIpc) is 1.69. The van der Waals surface area contributed by atoms with Gasteiger partial charge in [0.1, 0.15) is 0 Å². The van der Waals surface area contributed by atoms with Crippen LogP contribution in [0.4, 0.5) is 0 Å². The molecule has 0 aromatic carbocycles. The first-order valence-electron chi connectivity index (χ1n) is 2.73. The average molecular weight is 110 g/mol. The van der Waals surface area contributed by atoms with E-state index < -0.39 is 0 Å². The van der Waals surface area contributed by atoms with Crippen LogP contribution in [0.1, 0.15) is 6.42 Å². The fraction of sp³-hybridized carbons (Fsp3) is 0.333. The number of rotatable bonds is 0. The minimum Gasteiger partial charge on any atom is -0.0848 e. The Morgan fingerprint density at radius 2 is 2.29 bits per heavy atom. The minimum atomic E-state index is 0.907. The van der Waals surface area contributed by atoms with E-state index in [2.05, 4.69) is 24.3 Å². The molecule has 0 aliphatic heterocycles. The van der Waals surface area contributed by atoms with E-state index in [1.54, 1.807) is 0 Å². The van der Waals surface area contributed by atoms with E-state index in [-0.39, 0.29) is 0 Å². The van der Waals surface area contributed by atoms with Crippen molar-refractivity contribution in [2.75, 3.05) is 0 Å². The Morgan fingerprint density at radius 3 is 2.57 bits per heavy atom. The monoisotopic (exact) mass is 110 g/mol. The molecule has 0 amide bonds. The van der Waals surface area contributed by atoms with Crippen molar-refractivity contribution in [3.8, 4) is 0 Å². The van der Waals surface area contributed by atoms with Gasteiger partial charge < -0.3 is 0 Å². The predicted molar refractivity (Wildman–Crippen MR) is 36.6 cm³/mol. The highest BCUT2D eigenvalue weighted by molar-refractivity contribution is 6.13. The molecule has 0 heterocycles. The third kappa shape index (κ3) is 1.31. The van der Waals surface area contributed by atoms with Gasteiger partial charge in [-0.05, 0) is 12.0 Å². The maximum absolute atomic E-state index is 2.28. The molecule has 0 aromatic heterocycles. The van der Waals surface area contributed by atoms with Gasteiger partial charge >= 0.3 is 0 Å². The molecule has 1 heteroatoms. The van der Waals surface area contributed by atoms with E-state index in [0.717, 1.165) is 5.54 Å². The fourth-order valence-electron chi connectivity index (χ4n) is 0.704. The molecule has 0 bridgehead atoms. The lowest BCUT2D eigenvalue weighted by atomic mass is 10.2. The van der Waals surface area contributed by atoms with Crippen molar-refractivity contribution in [1.82, 2.24) is 0 Å². The predicted octanol–water partition coefficient (Wildman–Crippen LogP) is 0.656. The summed E-state index contributed by atoms with van der Waals surface area (Å²) in [5.74, 6) is 0.